The lowest BCUT2D eigenvalue weighted by Gasteiger charge is -2.34. The van der Waals surface area contributed by atoms with E-state index in [1.165, 1.54) is 0 Å². The fourth-order valence-electron chi connectivity index (χ4n) is 2.32. The normalized spacial score (nSPS) is 20.2. The molecule has 2 heterocycles. The van der Waals surface area contributed by atoms with Gasteiger partial charge in [0, 0.05) is 25.3 Å². The summed E-state index contributed by atoms with van der Waals surface area (Å²) in [6.07, 6.45) is 6.49. The maximum atomic E-state index is 12.3. The summed E-state index contributed by atoms with van der Waals surface area (Å²) in [6, 6.07) is 0.325. The average molecular weight is 236 g/mol. The van der Waals surface area contributed by atoms with Crippen molar-refractivity contribution in [2.45, 2.75) is 32.2 Å². The second kappa shape index (κ2) is 5.82. The van der Waals surface area contributed by atoms with Crippen molar-refractivity contribution in [3.63, 3.8) is 0 Å². The van der Waals surface area contributed by atoms with Gasteiger partial charge in [-0.25, -0.2) is 0 Å². The van der Waals surface area contributed by atoms with Gasteiger partial charge >= 0.3 is 0 Å². The molecule has 1 aliphatic heterocycles. The molecule has 1 saturated heterocycles. The Morgan fingerprint density at radius 1 is 1.65 bits per heavy atom. The van der Waals surface area contributed by atoms with Crippen LogP contribution in [0.2, 0.25) is 0 Å². The minimum atomic E-state index is 0.0919. The number of hydrogen-bond donors (Lipinski definition) is 2. The lowest BCUT2D eigenvalue weighted by molar-refractivity contribution is 0.0649. The van der Waals surface area contributed by atoms with Crippen LogP contribution >= 0.6 is 0 Å². The maximum absolute atomic E-state index is 12.3. The molecule has 2 rings (SSSR count). The van der Waals surface area contributed by atoms with E-state index < -0.39 is 0 Å². The van der Waals surface area contributed by atoms with Crippen molar-refractivity contribution in [3.05, 3.63) is 18.0 Å². The van der Waals surface area contributed by atoms with Crippen molar-refractivity contribution in [3.8, 4) is 0 Å². The van der Waals surface area contributed by atoms with Crippen LogP contribution < -0.4 is 5.32 Å². The van der Waals surface area contributed by atoms with E-state index in [0.717, 1.165) is 38.9 Å². The molecule has 1 amide bonds. The Kier molecular flexibility index (Phi) is 4.14. The van der Waals surface area contributed by atoms with E-state index in [1.807, 2.05) is 4.90 Å². The third-order valence-electron chi connectivity index (χ3n) is 3.18. The summed E-state index contributed by atoms with van der Waals surface area (Å²) in [5.74, 6) is 0.0919. The molecule has 0 spiro atoms. The molecular weight excluding hydrogens is 216 g/mol. The molecule has 1 aromatic heterocycles. The standard InChI is InChI=1S/C12H20N4O/c1-2-6-16(11-4-3-5-13-9-11)12(17)10-7-14-15-8-10/h7-8,11,13H,2-6,9H2,1H3,(H,14,15). The zero-order valence-corrected chi connectivity index (χ0v) is 10.3. The molecule has 5 nitrogen and oxygen atoms in total. The Balaban J connectivity index is 2.07. The van der Waals surface area contributed by atoms with Gasteiger partial charge in [0.2, 0.25) is 0 Å². The second-order valence-corrected chi connectivity index (χ2v) is 4.49. The Bertz CT molecular complexity index is 343. The van der Waals surface area contributed by atoms with Gasteiger partial charge in [-0.3, -0.25) is 9.89 Å². The SMILES string of the molecule is CCCN(C(=O)c1cn[nH]c1)C1CCCNC1. The lowest BCUT2D eigenvalue weighted by atomic mass is 10.0. The van der Waals surface area contributed by atoms with E-state index in [9.17, 15) is 4.79 Å². The number of carbonyl (C=O) groups excluding carboxylic acids is 1. The number of nitrogens with zero attached hydrogens (tertiary/aromatic N) is 2. The van der Waals surface area contributed by atoms with Crippen molar-refractivity contribution < 1.29 is 4.79 Å². The number of H-pyrrole nitrogens is 1. The lowest BCUT2D eigenvalue weighted by Crippen LogP contribution is -2.48. The highest BCUT2D eigenvalue weighted by Crippen LogP contribution is 2.14. The predicted octanol–water partition coefficient (Wildman–Crippen LogP) is 1.01. The van der Waals surface area contributed by atoms with E-state index in [4.69, 9.17) is 0 Å². The zero-order valence-electron chi connectivity index (χ0n) is 10.3. The summed E-state index contributed by atoms with van der Waals surface area (Å²) >= 11 is 0. The molecule has 0 aromatic carbocycles. The molecular formula is C12H20N4O. The Labute approximate surface area is 102 Å². The third-order valence-corrected chi connectivity index (χ3v) is 3.18. The van der Waals surface area contributed by atoms with E-state index in [0.29, 0.717) is 11.6 Å². The van der Waals surface area contributed by atoms with Crippen molar-refractivity contribution in [2.75, 3.05) is 19.6 Å². The van der Waals surface area contributed by atoms with E-state index >= 15 is 0 Å². The number of nitrogens with one attached hydrogen (secondary N) is 2. The van der Waals surface area contributed by atoms with Crippen LogP contribution in [0.25, 0.3) is 0 Å². The monoisotopic (exact) mass is 236 g/mol. The third kappa shape index (κ3) is 2.85. The molecule has 0 radical (unpaired) electrons. The summed E-state index contributed by atoms with van der Waals surface area (Å²) in [6.45, 7) is 4.89. The van der Waals surface area contributed by atoms with Gasteiger partial charge in [0.1, 0.15) is 0 Å². The van der Waals surface area contributed by atoms with Crippen molar-refractivity contribution in [1.29, 1.82) is 0 Å². The van der Waals surface area contributed by atoms with Crippen LogP contribution in [-0.2, 0) is 0 Å². The number of rotatable bonds is 4. The molecule has 2 N–H and O–H groups in total. The second-order valence-electron chi connectivity index (χ2n) is 4.49. The predicted molar refractivity (Wildman–Crippen MR) is 65.8 cm³/mol. The van der Waals surface area contributed by atoms with Crippen LogP contribution in [-0.4, -0.2) is 46.7 Å². The van der Waals surface area contributed by atoms with Crippen LogP contribution in [0.1, 0.15) is 36.5 Å². The molecule has 1 atom stereocenters. The van der Waals surface area contributed by atoms with Crippen molar-refractivity contribution in [2.24, 2.45) is 0 Å². The Hall–Kier alpha value is -1.36. The van der Waals surface area contributed by atoms with Gasteiger partial charge in [0.25, 0.3) is 5.91 Å². The molecule has 1 fully saturated rings. The van der Waals surface area contributed by atoms with Gasteiger partial charge in [-0.05, 0) is 25.8 Å². The van der Waals surface area contributed by atoms with Gasteiger partial charge in [-0.2, -0.15) is 5.10 Å². The summed E-state index contributed by atoms with van der Waals surface area (Å²) in [4.78, 5) is 14.3. The summed E-state index contributed by atoms with van der Waals surface area (Å²) in [5.41, 5.74) is 0.657. The summed E-state index contributed by atoms with van der Waals surface area (Å²) < 4.78 is 0. The smallest absolute Gasteiger partial charge is 0.257 e. The van der Waals surface area contributed by atoms with Crippen molar-refractivity contribution >= 4 is 5.91 Å². The van der Waals surface area contributed by atoms with E-state index in [1.54, 1.807) is 12.4 Å². The fourth-order valence-corrected chi connectivity index (χ4v) is 2.32. The fraction of sp³-hybridized carbons (Fsp3) is 0.667. The highest BCUT2D eigenvalue weighted by atomic mass is 16.2. The number of hydrogen-bond acceptors (Lipinski definition) is 3. The first-order valence-corrected chi connectivity index (χ1v) is 6.33. The first-order valence-electron chi connectivity index (χ1n) is 6.33. The minimum Gasteiger partial charge on any atom is -0.334 e. The summed E-state index contributed by atoms with van der Waals surface area (Å²) in [5, 5.41) is 9.90. The van der Waals surface area contributed by atoms with Crippen LogP contribution in [0.3, 0.4) is 0 Å². The minimum absolute atomic E-state index is 0.0919. The maximum Gasteiger partial charge on any atom is 0.257 e. The quantitative estimate of drug-likeness (QED) is 0.820. The van der Waals surface area contributed by atoms with E-state index in [2.05, 4.69) is 22.4 Å². The first-order chi connectivity index (χ1) is 8.33. The van der Waals surface area contributed by atoms with Gasteiger partial charge < -0.3 is 10.2 Å². The van der Waals surface area contributed by atoms with E-state index in [-0.39, 0.29) is 5.91 Å². The summed E-state index contributed by atoms with van der Waals surface area (Å²) in [7, 11) is 0. The Morgan fingerprint density at radius 2 is 2.53 bits per heavy atom. The molecule has 1 unspecified atom stereocenters. The molecule has 0 bridgehead atoms. The number of piperidine rings is 1. The number of amides is 1. The van der Waals surface area contributed by atoms with Crippen LogP contribution in [0.5, 0.6) is 0 Å². The molecule has 1 aromatic rings. The molecule has 0 aliphatic carbocycles. The molecule has 94 valence electrons. The first kappa shape index (κ1) is 12.1. The highest BCUT2D eigenvalue weighted by Gasteiger charge is 2.25. The van der Waals surface area contributed by atoms with Crippen molar-refractivity contribution in [1.82, 2.24) is 20.4 Å². The topological polar surface area (TPSA) is 61.0 Å². The molecule has 17 heavy (non-hydrogen) atoms. The molecule has 1 aliphatic rings. The van der Waals surface area contributed by atoms with Gasteiger partial charge in [0.15, 0.2) is 0 Å². The largest absolute Gasteiger partial charge is 0.334 e. The van der Waals surface area contributed by atoms with Gasteiger partial charge in [0.05, 0.1) is 11.8 Å². The van der Waals surface area contributed by atoms with Gasteiger partial charge in [-0.15, -0.1) is 0 Å². The molecule has 0 saturated carbocycles. The number of aromatic amines is 1. The van der Waals surface area contributed by atoms with Gasteiger partial charge in [-0.1, -0.05) is 6.92 Å². The average Bonchev–Trinajstić information content (AvgIpc) is 2.90. The molecule has 5 heteroatoms. The highest BCUT2D eigenvalue weighted by molar-refractivity contribution is 5.93. The van der Waals surface area contributed by atoms with Crippen LogP contribution in [0.4, 0.5) is 0 Å². The number of aromatic nitrogens is 2. The van der Waals surface area contributed by atoms with Crippen LogP contribution in [0, 0.1) is 0 Å². The number of carbonyl (C=O) groups is 1. The van der Waals surface area contributed by atoms with Crippen LogP contribution in [0.15, 0.2) is 12.4 Å². The Morgan fingerprint density at radius 3 is 3.12 bits per heavy atom. The zero-order chi connectivity index (χ0) is 12.1.